The quantitative estimate of drug-likeness (QED) is 0.605. The smallest absolute Gasteiger partial charge is 0.158 e. The number of aromatic nitrogens is 4. The number of fused-ring (bicyclic) bond motifs is 1. The lowest BCUT2D eigenvalue weighted by atomic mass is 10.4. The lowest BCUT2D eigenvalue weighted by Crippen LogP contribution is -2.10. The average Bonchev–Trinajstić information content (AvgIpc) is 2.89. The van der Waals surface area contributed by atoms with Gasteiger partial charge in [0.25, 0.3) is 0 Å². The number of ether oxygens (including phenoxy) is 1. The molecular weight excluding hydrogens is 264 g/mol. The van der Waals surface area contributed by atoms with E-state index in [1.165, 1.54) is 0 Å². The van der Waals surface area contributed by atoms with Crippen LogP contribution < -0.4 is 0 Å². The van der Waals surface area contributed by atoms with Crippen molar-refractivity contribution in [3.8, 4) is 0 Å². The van der Waals surface area contributed by atoms with E-state index in [2.05, 4.69) is 21.6 Å². The third kappa shape index (κ3) is 2.62. The number of nitrogens with zero attached hydrogens (tertiary/aromatic N) is 4. The van der Waals surface area contributed by atoms with Crippen LogP contribution in [-0.4, -0.2) is 33.0 Å². The molecule has 0 spiro atoms. The summed E-state index contributed by atoms with van der Waals surface area (Å²) in [5.74, 6) is 0.912. The van der Waals surface area contributed by atoms with Crippen LogP contribution in [0.25, 0.3) is 11.2 Å². The van der Waals surface area contributed by atoms with Crippen molar-refractivity contribution >= 4 is 22.8 Å². The predicted octanol–water partition coefficient (Wildman–Crippen LogP) is 2.90. The van der Waals surface area contributed by atoms with Crippen LogP contribution >= 0.6 is 11.6 Å². The zero-order valence-electron chi connectivity index (χ0n) is 12.0. The Bertz CT molecular complexity index is 558. The van der Waals surface area contributed by atoms with Gasteiger partial charge in [0.05, 0.1) is 11.1 Å². The SMILES string of the molecule is CCn1nc(C)c2nc(C(C)Cl)n(CCCOC)c21. The average molecular weight is 285 g/mol. The van der Waals surface area contributed by atoms with E-state index >= 15 is 0 Å². The molecule has 6 heteroatoms. The van der Waals surface area contributed by atoms with Gasteiger partial charge in [-0.3, -0.25) is 0 Å². The fourth-order valence-corrected chi connectivity index (χ4v) is 2.52. The molecule has 0 aliphatic heterocycles. The van der Waals surface area contributed by atoms with Gasteiger partial charge < -0.3 is 9.30 Å². The van der Waals surface area contributed by atoms with Crippen LogP contribution in [0.1, 0.15) is 37.2 Å². The maximum atomic E-state index is 6.25. The van der Waals surface area contributed by atoms with Gasteiger partial charge in [0.2, 0.25) is 0 Å². The van der Waals surface area contributed by atoms with Crippen molar-refractivity contribution in [2.75, 3.05) is 13.7 Å². The van der Waals surface area contributed by atoms with Gasteiger partial charge >= 0.3 is 0 Å². The summed E-state index contributed by atoms with van der Waals surface area (Å²) in [6.45, 7) is 8.44. The molecular formula is C13H21ClN4O. The van der Waals surface area contributed by atoms with Gasteiger partial charge in [0.1, 0.15) is 11.3 Å². The number of hydrogen-bond acceptors (Lipinski definition) is 3. The first kappa shape index (κ1) is 14.3. The Morgan fingerprint density at radius 2 is 2.16 bits per heavy atom. The van der Waals surface area contributed by atoms with Crippen molar-refractivity contribution in [3.63, 3.8) is 0 Å². The standard InChI is InChI=1S/C13H21ClN4O/c1-5-18-13-11(10(3)16-18)15-12(9(2)14)17(13)7-6-8-19-4/h9H,5-8H2,1-4H3. The molecule has 0 saturated carbocycles. The van der Waals surface area contributed by atoms with Crippen molar-refractivity contribution in [2.24, 2.45) is 0 Å². The predicted molar refractivity (Wildman–Crippen MR) is 76.7 cm³/mol. The fraction of sp³-hybridized carbons (Fsp3) is 0.692. The molecule has 5 nitrogen and oxygen atoms in total. The number of aryl methyl sites for hydroxylation is 3. The van der Waals surface area contributed by atoms with Crippen LogP contribution in [0, 0.1) is 6.92 Å². The molecule has 0 aliphatic rings. The fourth-order valence-electron chi connectivity index (χ4n) is 2.35. The summed E-state index contributed by atoms with van der Waals surface area (Å²) >= 11 is 6.25. The number of rotatable bonds is 6. The Balaban J connectivity index is 2.51. The lowest BCUT2D eigenvalue weighted by Gasteiger charge is -2.11. The van der Waals surface area contributed by atoms with Crippen LogP contribution in [0.3, 0.4) is 0 Å². The third-order valence-electron chi connectivity index (χ3n) is 3.21. The minimum Gasteiger partial charge on any atom is -0.385 e. The molecule has 2 aromatic rings. The molecule has 106 valence electrons. The molecule has 1 unspecified atom stereocenters. The summed E-state index contributed by atoms with van der Waals surface area (Å²) in [6.07, 6.45) is 0.937. The molecule has 2 aromatic heterocycles. The Morgan fingerprint density at radius 1 is 1.42 bits per heavy atom. The number of hydrogen-bond donors (Lipinski definition) is 0. The Hall–Kier alpha value is -1.07. The molecule has 0 N–H and O–H groups in total. The van der Waals surface area contributed by atoms with E-state index in [4.69, 9.17) is 16.3 Å². The molecule has 0 aromatic carbocycles. The molecule has 0 fully saturated rings. The van der Waals surface area contributed by atoms with Gasteiger partial charge in [-0.25, -0.2) is 9.67 Å². The molecule has 1 atom stereocenters. The highest BCUT2D eigenvalue weighted by Gasteiger charge is 2.20. The van der Waals surface area contributed by atoms with Gasteiger partial charge in [-0.1, -0.05) is 0 Å². The van der Waals surface area contributed by atoms with E-state index in [0.717, 1.165) is 48.8 Å². The Kier molecular flexibility index (Phi) is 4.47. The van der Waals surface area contributed by atoms with Crippen molar-refractivity contribution in [1.29, 1.82) is 0 Å². The van der Waals surface area contributed by atoms with Crippen molar-refractivity contribution in [2.45, 2.75) is 45.7 Å². The zero-order chi connectivity index (χ0) is 14.0. The Labute approximate surface area is 118 Å². The molecule has 0 saturated heterocycles. The second-order valence-electron chi connectivity index (χ2n) is 4.66. The second-order valence-corrected chi connectivity index (χ2v) is 5.31. The van der Waals surface area contributed by atoms with E-state index in [0.29, 0.717) is 0 Å². The lowest BCUT2D eigenvalue weighted by molar-refractivity contribution is 0.190. The van der Waals surface area contributed by atoms with E-state index in [-0.39, 0.29) is 5.38 Å². The number of alkyl halides is 1. The first-order chi connectivity index (χ1) is 9.10. The largest absolute Gasteiger partial charge is 0.385 e. The molecule has 0 radical (unpaired) electrons. The normalized spacial score (nSPS) is 13.3. The first-order valence-corrected chi connectivity index (χ1v) is 7.10. The van der Waals surface area contributed by atoms with Gasteiger partial charge in [0.15, 0.2) is 5.65 Å². The maximum absolute atomic E-state index is 6.25. The number of methoxy groups -OCH3 is 1. The van der Waals surface area contributed by atoms with Crippen molar-refractivity contribution in [1.82, 2.24) is 19.3 Å². The maximum Gasteiger partial charge on any atom is 0.158 e. The van der Waals surface area contributed by atoms with E-state index in [1.54, 1.807) is 7.11 Å². The second kappa shape index (κ2) is 5.92. The van der Waals surface area contributed by atoms with Crippen molar-refractivity contribution in [3.05, 3.63) is 11.5 Å². The van der Waals surface area contributed by atoms with Crippen LogP contribution in [-0.2, 0) is 17.8 Å². The minimum absolute atomic E-state index is 0.111. The van der Waals surface area contributed by atoms with E-state index in [1.807, 2.05) is 18.5 Å². The summed E-state index contributed by atoms with van der Waals surface area (Å²) in [6, 6.07) is 0. The molecule has 0 amide bonds. The van der Waals surface area contributed by atoms with Gasteiger partial charge in [0, 0.05) is 26.8 Å². The highest BCUT2D eigenvalue weighted by atomic mass is 35.5. The van der Waals surface area contributed by atoms with Crippen LogP contribution in [0.4, 0.5) is 0 Å². The molecule has 0 bridgehead atoms. The highest BCUT2D eigenvalue weighted by molar-refractivity contribution is 6.20. The van der Waals surface area contributed by atoms with Gasteiger partial charge in [-0.05, 0) is 27.2 Å². The highest BCUT2D eigenvalue weighted by Crippen LogP contribution is 2.26. The number of halogens is 1. The minimum atomic E-state index is -0.111. The topological polar surface area (TPSA) is 44.9 Å². The zero-order valence-corrected chi connectivity index (χ0v) is 12.7. The number of imidazole rings is 1. The molecule has 2 rings (SSSR count). The summed E-state index contributed by atoms with van der Waals surface area (Å²) in [7, 11) is 1.72. The van der Waals surface area contributed by atoms with Gasteiger partial charge in [-0.15, -0.1) is 11.6 Å². The molecule has 2 heterocycles. The van der Waals surface area contributed by atoms with Gasteiger partial charge in [-0.2, -0.15) is 5.10 Å². The third-order valence-corrected chi connectivity index (χ3v) is 3.41. The first-order valence-electron chi connectivity index (χ1n) is 6.66. The van der Waals surface area contributed by atoms with E-state index < -0.39 is 0 Å². The molecule has 19 heavy (non-hydrogen) atoms. The van der Waals surface area contributed by atoms with Crippen LogP contribution in [0.15, 0.2) is 0 Å². The van der Waals surface area contributed by atoms with Crippen LogP contribution in [0.5, 0.6) is 0 Å². The summed E-state index contributed by atoms with van der Waals surface area (Å²) in [5.41, 5.74) is 2.99. The van der Waals surface area contributed by atoms with Crippen molar-refractivity contribution < 1.29 is 4.74 Å². The monoisotopic (exact) mass is 284 g/mol. The Morgan fingerprint density at radius 3 is 2.74 bits per heavy atom. The summed E-state index contributed by atoms with van der Waals surface area (Å²) < 4.78 is 9.29. The van der Waals surface area contributed by atoms with Crippen LogP contribution in [0.2, 0.25) is 0 Å². The summed E-state index contributed by atoms with van der Waals surface area (Å²) in [5, 5.41) is 4.41. The summed E-state index contributed by atoms with van der Waals surface area (Å²) in [4.78, 5) is 4.67. The van der Waals surface area contributed by atoms with E-state index in [9.17, 15) is 0 Å². The molecule has 0 aliphatic carbocycles.